The molecule has 110 valence electrons. The number of hydrogen-bond donors (Lipinski definition) is 0. The molecule has 0 saturated heterocycles. The second kappa shape index (κ2) is 6.51. The Labute approximate surface area is 121 Å². The molecule has 20 heavy (non-hydrogen) atoms. The Hall–Kier alpha value is -1.18. The molecule has 0 bridgehead atoms. The zero-order valence-corrected chi connectivity index (χ0v) is 12.7. The van der Waals surface area contributed by atoms with E-state index < -0.39 is 0 Å². The normalized spacial score (nSPS) is 26.8. The highest BCUT2D eigenvalue weighted by Gasteiger charge is 2.34. The van der Waals surface area contributed by atoms with Gasteiger partial charge in [-0.25, -0.2) is 4.39 Å². The van der Waals surface area contributed by atoms with Gasteiger partial charge in [-0.15, -0.1) is 0 Å². The molecule has 1 saturated carbocycles. The van der Waals surface area contributed by atoms with Gasteiger partial charge in [0.1, 0.15) is 11.6 Å². The quantitative estimate of drug-likeness (QED) is 0.782. The lowest BCUT2D eigenvalue weighted by Crippen LogP contribution is -2.34. The molecule has 0 aliphatic heterocycles. The van der Waals surface area contributed by atoms with Crippen LogP contribution >= 0.6 is 0 Å². The van der Waals surface area contributed by atoms with Crippen molar-refractivity contribution in [2.75, 3.05) is 0 Å². The molecule has 1 nitrogen and oxygen atoms in total. The molecule has 0 amide bonds. The topological polar surface area (TPSA) is 17.1 Å². The molecular weight excluding hydrogens is 251 g/mol. The molecule has 3 atom stereocenters. The van der Waals surface area contributed by atoms with Crippen LogP contribution in [-0.2, 0) is 11.2 Å². The number of halogens is 1. The van der Waals surface area contributed by atoms with E-state index in [0.29, 0.717) is 30.0 Å². The van der Waals surface area contributed by atoms with Gasteiger partial charge in [-0.2, -0.15) is 0 Å². The summed E-state index contributed by atoms with van der Waals surface area (Å²) < 4.78 is 13.2. The van der Waals surface area contributed by atoms with Crippen LogP contribution in [0.15, 0.2) is 24.3 Å². The fourth-order valence-electron chi connectivity index (χ4n) is 3.55. The number of hydrogen-bond acceptors (Lipinski definition) is 1. The predicted octanol–water partition coefficient (Wildman–Crippen LogP) is 4.65. The fraction of sp³-hybridized carbons (Fsp3) is 0.611. The molecule has 0 heterocycles. The average molecular weight is 276 g/mol. The summed E-state index contributed by atoms with van der Waals surface area (Å²) in [5.74, 6) is 1.86. The van der Waals surface area contributed by atoms with E-state index in [0.717, 1.165) is 18.4 Å². The molecule has 1 aromatic rings. The lowest BCUT2D eigenvalue weighted by molar-refractivity contribution is -0.126. The van der Waals surface area contributed by atoms with E-state index in [2.05, 4.69) is 20.8 Å². The summed E-state index contributed by atoms with van der Waals surface area (Å²) in [4.78, 5) is 12.6. The first-order chi connectivity index (χ1) is 9.47. The summed E-state index contributed by atoms with van der Waals surface area (Å²) >= 11 is 0. The summed E-state index contributed by atoms with van der Waals surface area (Å²) in [6, 6.07) is 6.43. The van der Waals surface area contributed by atoms with Crippen molar-refractivity contribution in [3.8, 4) is 0 Å². The molecular formula is C18H25FO. The van der Waals surface area contributed by atoms with Gasteiger partial charge in [-0.05, 0) is 48.3 Å². The van der Waals surface area contributed by atoms with Crippen LogP contribution in [0.1, 0.15) is 45.6 Å². The molecule has 1 fully saturated rings. The number of carbonyl (C=O) groups is 1. The summed E-state index contributed by atoms with van der Waals surface area (Å²) in [7, 11) is 0. The SMILES string of the molecule is CC(C)[C@@H]1CC[C@@H](C)C[C@H]1C(=O)Cc1cccc(F)c1. The molecule has 2 rings (SSSR count). The maximum Gasteiger partial charge on any atom is 0.140 e. The third-order valence-electron chi connectivity index (χ3n) is 4.70. The molecule has 2 heteroatoms. The van der Waals surface area contributed by atoms with Crippen molar-refractivity contribution < 1.29 is 9.18 Å². The molecule has 0 N–H and O–H groups in total. The Kier molecular flexibility index (Phi) is 4.95. The molecule has 0 aromatic heterocycles. The van der Waals surface area contributed by atoms with Crippen LogP contribution in [0.3, 0.4) is 0 Å². The highest BCUT2D eigenvalue weighted by atomic mass is 19.1. The third kappa shape index (κ3) is 3.68. The van der Waals surface area contributed by atoms with Gasteiger partial charge in [0.2, 0.25) is 0 Å². The van der Waals surface area contributed by atoms with Crippen molar-refractivity contribution >= 4 is 5.78 Å². The van der Waals surface area contributed by atoms with E-state index in [4.69, 9.17) is 0 Å². The first-order valence-corrected chi connectivity index (χ1v) is 7.74. The highest BCUT2D eigenvalue weighted by Crippen LogP contribution is 2.38. The Bertz CT molecular complexity index is 466. The Morgan fingerprint density at radius 2 is 2.10 bits per heavy atom. The van der Waals surface area contributed by atoms with Crippen LogP contribution < -0.4 is 0 Å². The van der Waals surface area contributed by atoms with Crippen LogP contribution in [0.25, 0.3) is 0 Å². The average Bonchev–Trinajstić information content (AvgIpc) is 2.38. The Morgan fingerprint density at radius 3 is 2.75 bits per heavy atom. The van der Waals surface area contributed by atoms with E-state index in [9.17, 15) is 9.18 Å². The highest BCUT2D eigenvalue weighted by molar-refractivity contribution is 5.83. The molecule has 0 spiro atoms. The Morgan fingerprint density at radius 1 is 1.35 bits per heavy atom. The van der Waals surface area contributed by atoms with Crippen molar-refractivity contribution in [2.45, 2.75) is 46.5 Å². The van der Waals surface area contributed by atoms with Crippen molar-refractivity contribution in [3.63, 3.8) is 0 Å². The number of benzene rings is 1. The second-order valence-corrected chi connectivity index (χ2v) is 6.71. The molecule has 0 radical (unpaired) electrons. The maximum atomic E-state index is 13.2. The Balaban J connectivity index is 2.09. The van der Waals surface area contributed by atoms with Crippen molar-refractivity contribution in [1.29, 1.82) is 0 Å². The van der Waals surface area contributed by atoms with Crippen LogP contribution in [0.5, 0.6) is 0 Å². The fourth-order valence-corrected chi connectivity index (χ4v) is 3.55. The standard InChI is InChI=1S/C18H25FO/c1-12(2)16-8-7-13(3)9-17(16)18(20)11-14-5-4-6-15(19)10-14/h4-6,10,12-13,16-17H,7-9,11H2,1-3H3/t13-,16+,17-/m1/s1. The molecule has 0 unspecified atom stereocenters. The zero-order valence-electron chi connectivity index (χ0n) is 12.7. The van der Waals surface area contributed by atoms with E-state index in [-0.39, 0.29) is 11.7 Å². The zero-order chi connectivity index (χ0) is 14.7. The van der Waals surface area contributed by atoms with Gasteiger partial charge in [-0.1, -0.05) is 39.3 Å². The number of Topliss-reactive ketones (excluding diaryl/α,β-unsaturated/α-hetero) is 1. The van der Waals surface area contributed by atoms with Gasteiger partial charge < -0.3 is 0 Å². The van der Waals surface area contributed by atoms with E-state index in [1.165, 1.54) is 18.6 Å². The van der Waals surface area contributed by atoms with Crippen LogP contribution in [-0.4, -0.2) is 5.78 Å². The smallest absolute Gasteiger partial charge is 0.140 e. The summed E-state index contributed by atoms with van der Waals surface area (Å²) in [6.45, 7) is 6.66. The van der Waals surface area contributed by atoms with E-state index in [1.807, 2.05) is 6.07 Å². The maximum absolute atomic E-state index is 13.2. The predicted molar refractivity (Wildman–Crippen MR) is 79.9 cm³/mol. The van der Waals surface area contributed by atoms with Crippen molar-refractivity contribution in [2.24, 2.45) is 23.7 Å². The number of carbonyl (C=O) groups excluding carboxylic acids is 1. The van der Waals surface area contributed by atoms with Crippen LogP contribution in [0.2, 0.25) is 0 Å². The van der Waals surface area contributed by atoms with Crippen LogP contribution in [0, 0.1) is 29.5 Å². The largest absolute Gasteiger partial charge is 0.299 e. The van der Waals surface area contributed by atoms with Gasteiger partial charge in [0.25, 0.3) is 0 Å². The minimum absolute atomic E-state index is 0.155. The number of rotatable bonds is 4. The monoisotopic (exact) mass is 276 g/mol. The molecule has 1 aliphatic carbocycles. The third-order valence-corrected chi connectivity index (χ3v) is 4.70. The van der Waals surface area contributed by atoms with Gasteiger partial charge in [0.05, 0.1) is 0 Å². The lowest BCUT2D eigenvalue weighted by Gasteiger charge is -2.36. The van der Waals surface area contributed by atoms with Gasteiger partial charge in [0, 0.05) is 12.3 Å². The van der Waals surface area contributed by atoms with Crippen molar-refractivity contribution in [3.05, 3.63) is 35.6 Å². The lowest BCUT2D eigenvalue weighted by atomic mass is 9.68. The molecule has 1 aromatic carbocycles. The van der Waals surface area contributed by atoms with Gasteiger partial charge in [-0.3, -0.25) is 4.79 Å². The van der Waals surface area contributed by atoms with E-state index in [1.54, 1.807) is 6.07 Å². The minimum Gasteiger partial charge on any atom is -0.299 e. The minimum atomic E-state index is -0.257. The van der Waals surface area contributed by atoms with Gasteiger partial charge >= 0.3 is 0 Å². The first-order valence-electron chi connectivity index (χ1n) is 7.74. The summed E-state index contributed by atoms with van der Waals surface area (Å²) in [5.41, 5.74) is 0.802. The molecule has 1 aliphatic rings. The van der Waals surface area contributed by atoms with Crippen molar-refractivity contribution in [1.82, 2.24) is 0 Å². The van der Waals surface area contributed by atoms with E-state index >= 15 is 0 Å². The number of ketones is 1. The summed E-state index contributed by atoms with van der Waals surface area (Å²) in [6.07, 6.45) is 3.75. The van der Waals surface area contributed by atoms with Gasteiger partial charge in [0.15, 0.2) is 0 Å². The second-order valence-electron chi connectivity index (χ2n) is 6.71. The first kappa shape index (κ1) is 15.2. The summed E-state index contributed by atoms with van der Waals surface area (Å²) in [5, 5.41) is 0. The van der Waals surface area contributed by atoms with Crippen LogP contribution in [0.4, 0.5) is 4.39 Å².